The zero-order chi connectivity index (χ0) is 21.8. The highest BCUT2D eigenvalue weighted by atomic mass is 32.2. The molecule has 0 bridgehead atoms. The number of hydrogen-bond donors (Lipinski definition) is 0. The minimum atomic E-state index is -0.327. The Labute approximate surface area is 187 Å². The Morgan fingerprint density at radius 3 is 2.19 bits per heavy atom. The number of benzene rings is 3. The number of ether oxygens (including phenoxy) is 1. The van der Waals surface area contributed by atoms with Gasteiger partial charge >= 0.3 is 6.03 Å². The van der Waals surface area contributed by atoms with Crippen LogP contribution >= 0.6 is 11.8 Å². The second kappa shape index (κ2) is 7.34. The number of urea groups is 1. The van der Waals surface area contributed by atoms with Gasteiger partial charge in [0.25, 0.3) is 0 Å². The van der Waals surface area contributed by atoms with E-state index in [1.807, 2.05) is 58.3 Å². The molecule has 5 rings (SSSR count). The third kappa shape index (κ3) is 3.19. The van der Waals surface area contributed by atoms with Crippen molar-refractivity contribution in [2.75, 3.05) is 16.9 Å². The van der Waals surface area contributed by atoms with Crippen LogP contribution in [0.15, 0.2) is 76.5 Å². The number of methoxy groups -OCH3 is 1. The van der Waals surface area contributed by atoms with Gasteiger partial charge in [-0.2, -0.15) is 0 Å². The molecule has 0 aliphatic carbocycles. The van der Waals surface area contributed by atoms with Gasteiger partial charge in [-0.25, -0.2) is 4.79 Å². The molecule has 31 heavy (non-hydrogen) atoms. The van der Waals surface area contributed by atoms with Crippen LogP contribution in [-0.2, 0) is 0 Å². The lowest BCUT2D eigenvalue weighted by atomic mass is 9.80. The lowest BCUT2D eigenvalue weighted by molar-refractivity contribution is 0.243. The van der Waals surface area contributed by atoms with E-state index in [1.54, 1.807) is 18.9 Å². The Morgan fingerprint density at radius 2 is 1.58 bits per heavy atom. The molecule has 1 unspecified atom stereocenters. The van der Waals surface area contributed by atoms with Crippen LogP contribution in [-0.4, -0.2) is 18.7 Å². The number of nitrogens with zero attached hydrogens (tertiary/aromatic N) is 2. The van der Waals surface area contributed by atoms with Crippen LogP contribution in [0.1, 0.15) is 38.7 Å². The molecule has 3 aromatic rings. The summed E-state index contributed by atoms with van der Waals surface area (Å²) < 4.78 is 5.47. The number of carbonyl (C=O) groups excluding carboxylic acids is 1. The van der Waals surface area contributed by atoms with Gasteiger partial charge in [0, 0.05) is 21.0 Å². The van der Waals surface area contributed by atoms with Crippen molar-refractivity contribution in [3.8, 4) is 5.75 Å². The van der Waals surface area contributed by atoms with E-state index in [-0.39, 0.29) is 11.6 Å². The standard InChI is InChI=1S/C26H26N2O2S/c1-17-16-26(2,3)28(20-14-13-18(30-4)15-19(17)20)25(29)27-21-9-5-7-11-23(21)31-24-12-8-6-10-22(24)27/h5-15,17H,16H2,1-4H3. The van der Waals surface area contributed by atoms with Crippen LogP contribution < -0.4 is 14.5 Å². The van der Waals surface area contributed by atoms with Gasteiger partial charge in [-0.15, -0.1) is 0 Å². The molecule has 0 radical (unpaired) electrons. The molecule has 2 amide bonds. The summed E-state index contributed by atoms with van der Waals surface area (Å²) in [5, 5.41) is 0. The van der Waals surface area contributed by atoms with Crippen molar-refractivity contribution in [2.45, 2.75) is 48.4 Å². The van der Waals surface area contributed by atoms with Gasteiger partial charge in [0.05, 0.1) is 18.5 Å². The highest BCUT2D eigenvalue weighted by Gasteiger charge is 2.43. The summed E-state index contributed by atoms with van der Waals surface area (Å²) in [5.41, 5.74) is 3.65. The molecular weight excluding hydrogens is 404 g/mol. The average molecular weight is 431 g/mol. The third-order valence-corrected chi connectivity index (χ3v) is 7.36. The molecule has 0 fully saturated rings. The topological polar surface area (TPSA) is 32.8 Å². The van der Waals surface area contributed by atoms with Crippen molar-refractivity contribution in [3.05, 3.63) is 72.3 Å². The normalized spacial score (nSPS) is 18.6. The number of fused-ring (bicyclic) bond motifs is 3. The molecule has 2 aliphatic rings. The predicted octanol–water partition coefficient (Wildman–Crippen LogP) is 7.21. The van der Waals surface area contributed by atoms with E-state index in [9.17, 15) is 4.79 Å². The van der Waals surface area contributed by atoms with Gasteiger partial charge in [-0.1, -0.05) is 43.0 Å². The minimum Gasteiger partial charge on any atom is -0.497 e. The molecule has 0 saturated carbocycles. The monoisotopic (exact) mass is 430 g/mol. The van der Waals surface area contributed by atoms with Gasteiger partial charge in [-0.05, 0) is 74.2 Å². The molecule has 3 aromatic carbocycles. The fraction of sp³-hybridized carbons (Fsp3) is 0.269. The average Bonchev–Trinajstić information content (AvgIpc) is 2.76. The summed E-state index contributed by atoms with van der Waals surface area (Å²) in [6.45, 7) is 6.54. The highest BCUT2D eigenvalue weighted by Crippen LogP contribution is 2.51. The van der Waals surface area contributed by atoms with Crippen LogP contribution in [0.2, 0.25) is 0 Å². The molecule has 2 heterocycles. The highest BCUT2D eigenvalue weighted by molar-refractivity contribution is 7.99. The van der Waals surface area contributed by atoms with E-state index >= 15 is 0 Å². The van der Waals surface area contributed by atoms with E-state index in [1.165, 1.54) is 0 Å². The number of anilines is 3. The fourth-order valence-corrected chi connectivity index (χ4v) is 5.97. The molecule has 0 N–H and O–H groups in total. The second-order valence-corrected chi connectivity index (χ2v) is 9.92. The molecule has 2 aliphatic heterocycles. The van der Waals surface area contributed by atoms with E-state index in [4.69, 9.17) is 4.74 Å². The van der Waals surface area contributed by atoms with Crippen molar-refractivity contribution in [3.63, 3.8) is 0 Å². The number of hydrogen-bond acceptors (Lipinski definition) is 3. The summed E-state index contributed by atoms with van der Waals surface area (Å²) in [6.07, 6.45) is 0.880. The predicted molar refractivity (Wildman–Crippen MR) is 127 cm³/mol. The molecule has 0 saturated heterocycles. The first-order valence-electron chi connectivity index (χ1n) is 10.6. The van der Waals surface area contributed by atoms with Crippen LogP contribution in [0, 0.1) is 0 Å². The van der Waals surface area contributed by atoms with E-state index in [0.717, 1.165) is 44.6 Å². The van der Waals surface area contributed by atoms with Crippen LogP contribution in [0.3, 0.4) is 0 Å². The molecular formula is C26H26N2O2S. The SMILES string of the molecule is COc1ccc2c(c1)C(C)CC(C)(C)N2C(=O)N1c2ccccc2Sc2ccccc21. The molecule has 1 atom stereocenters. The number of para-hydroxylation sites is 2. The van der Waals surface area contributed by atoms with Crippen molar-refractivity contribution < 1.29 is 9.53 Å². The first-order valence-corrected chi connectivity index (χ1v) is 11.4. The van der Waals surface area contributed by atoms with Crippen molar-refractivity contribution in [1.29, 1.82) is 0 Å². The lowest BCUT2D eigenvalue weighted by Gasteiger charge is -2.48. The minimum absolute atomic E-state index is 0.0245. The van der Waals surface area contributed by atoms with E-state index in [2.05, 4.69) is 39.0 Å². The van der Waals surface area contributed by atoms with Crippen LogP contribution in [0.4, 0.5) is 21.9 Å². The molecule has 0 aromatic heterocycles. The van der Waals surface area contributed by atoms with Crippen molar-refractivity contribution in [2.24, 2.45) is 0 Å². The molecule has 0 spiro atoms. The number of amides is 2. The first kappa shape index (κ1) is 20.0. The van der Waals surface area contributed by atoms with Crippen LogP contribution in [0.5, 0.6) is 5.75 Å². The van der Waals surface area contributed by atoms with E-state index < -0.39 is 0 Å². The largest absolute Gasteiger partial charge is 0.497 e. The lowest BCUT2D eigenvalue weighted by Crippen LogP contribution is -2.55. The van der Waals surface area contributed by atoms with Gasteiger partial charge in [0.1, 0.15) is 5.75 Å². The Kier molecular flexibility index (Phi) is 4.74. The Morgan fingerprint density at radius 1 is 0.968 bits per heavy atom. The Bertz CT molecular complexity index is 1130. The zero-order valence-corrected chi connectivity index (χ0v) is 19.1. The molecule has 5 heteroatoms. The molecule has 4 nitrogen and oxygen atoms in total. The smallest absolute Gasteiger partial charge is 0.334 e. The Hall–Kier alpha value is -2.92. The summed E-state index contributed by atoms with van der Waals surface area (Å²) in [5.74, 6) is 1.16. The zero-order valence-electron chi connectivity index (χ0n) is 18.3. The second-order valence-electron chi connectivity index (χ2n) is 8.83. The van der Waals surface area contributed by atoms with Gasteiger partial charge < -0.3 is 4.74 Å². The fourth-order valence-electron chi connectivity index (χ4n) is 4.91. The molecule has 158 valence electrons. The van der Waals surface area contributed by atoms with E-state index in [0.29, 0.717) is 5.92 Å². The summed E-state index contributed by atoms with van der Waals surface area (Å²) in [7, 11) is 1.68. The number of rotatable bonds is 1. The quantitative estimate of drug-likeness (QED) is 0.409. The number of carbonyl (C=O) groups is 1. The van der Waals surface area contributed by atoms with Gasteiger partial charge in [-0.3, -0.25) is 9.80 Å². The van der Waals surface area contributed by atoms with Crippen molar-refractivity contribution >= 4 is 34.9 Å². The maximum absolute atomic E-state index is 14.3. The van der Waals surface area contributed by atoms with Crippen LogP contribution in [0.25, 0.3) is 0 Å². The van der Waals surface area contributed by atoms with Gasteiger partial charge in [0.2, 0.25) is 0 Å². The summed E-state index contributed by atoms with van der Waals surface area (Å²) in [4.78, 5) is 20.4. The third-order valence-electron chi connectivity index (χ3n) is 6.23. The maximum Gasteiger partial charge on any atom is 0.334 e. The first-order chi connectivity index (χ1) is 14.9. The summed E-state index contributed by atoms with van der Waals surface area (Å²) in [6, 6.07) is 22.3. The Balaban J connectivity index is 1.68. The maximum atomic E-state index is 14.3. The summed E-state index contributed by atoms with van der Waals surface area (Å²) >= 11 is 1.71. The van der Waals surface area contributed by atoms with Crippen molar-refractivity contribution in [1.82, 2.24) is 0 Å². The van der Waals surface area contributed by atoms with Gasteiger partial charge in [0.15, 0.2) is 0 Å².